The van der Waals surface area contributed by atoms with Gasteiger partial charge < -0.3 is 0 Å². The van der Waals surface area contributed by atoms with E-state index in [-0.39, 0.29) is 0 Å². The van der Waals surface area contributed by atoms with Crippen molar-refractivity contribution in [2.45, 2.75) is 86.0 Å². The molecular weight excluding hydrogens is 192 g/mol. The van der Waals surface area contributed by atoms with E-state index in [0.29, 0.717) is 0 Å². The summed E-state index contributed by atoms with van der Waals surface area (Å²) in [7, 11) is 0. The average molecular weight is 226 g/mol. The summed E-state index contributed by atoms with van der Waals surface area (Å²) in [4.78, 5) is 0. The van der Waals surface area contributed by atoms with Crippen molar-refractivity contribution in [3.8, 4) is 0 Å². The van der Waals surface area contributed by atoms with Crippen LogP contribution in [-0.4, -0.2) is 0 Å². The molecule has 0 bridgehead atoms. The van der Waals surface area contributed by atoms with Crippen molar-refractivity contribution in [3.63, 3.8) is 0 Å². The molecule has 0 aliphatic heterocycles. The molecule has 0 aromatic rings. The summed E-state index contributed by atoms with van der Waals surface area (Å²) in [5.74, 6) is 2.83. The average Bonchev–Trinajstić information content (AvgIpc) is 2.26. The van der Waals surface area contributed by atoms with Gasteiger partial charge in [-0.3, -0.25) is 0 Å². The molecule has 0 amide bonds. The lowest BCUT2D eigenvalue weighted by molar-refractivity contribution is 0.211. The normalized spacial score (nSPS) is 15.4. The van der Waals surface area contributed by atoms with Gasteiger partial charge in [-0.25, -0.2) is 0 Å². The fraction of sp³-hybridized carbons (Fsp3) is 1.00. The number of hydrogen-bond donors (Lipinski definition) is 0. The molecule has 2 unspecified atom stereocenters. The summed E-state index contributed by atoms with van der Waals surface area (Å²) in [6, 6.07) is 0. The van der Waals surface area contributed by atoms with Gasteiger partial charge >= 0.3 is 0 Å². The Hall–Kier alpha value is 0. The lowest BCUT2D eigenvalue weighted by atomic mass is 9.76. The van der Waals surface area contributed by atoms with Crippen LogP contribution in [0.25, 0.3) is 0 Å². The smallest absolute Gasteiger partial charge is 0.0363 e. The van der Waals surface area contributed by atoms with Crippen molar-refractivity contribution in [3.05, 3.63) is 0 Å². The molecule has 0 N–H and O–H groups in total. The molecule has 0 fully saturated rings. The van der Waals surface area contributed by atoms with Crippen LogP contribution in [0.5, 0.6) is 0 Å². The first-order valence-electron chi connectivity index (χ1n) is 7.67. The number of hydrogen-bond acceptors (Lipinski definition) is 0. The second-order valence-electron chi connectivity index (χ2n) is 5.71. The Bertz CT molecular complexity index is 137. The summed E-state index contributed by atoms with van der Waals surface area (Å²) >= 11 is 0. The van der Waals surface area contributed by atoms with E-state index in [2.05, 4.69) is 34.6 Å². The third kappa shape index (κ3) is 6.55. The quantitative estimate of drug-likeness (QED) is 0.397. The molecule has 0 heterocycles. The van der Waals surface area contributed by atoms with Crippen LogP contribution in [0, 0.1) is 17.8 Å². The zero-order valence-corrected chi connectivity index (χ0v) is 12.4. The van der Waals surface area contributed by atoms with Crippen LogP contribution in [0.1, 0.15) is 86.0 Å². The molecular formula is C16H34. The SMILES string of the molecule is CCCCCCC(C(C)C)C(CC)CCC. The molecule has 0 saturated heterocycles. The topological polar surface area (TPSA) is 0 Å². The molecule has 0 rings (SSSR count). The van der Waals surface area contributed by atoms with Gasteiger partial charge in [-0.05, 0) is 24.2 Å². The van der Waals surface area contributed by atoms with Crippen LogP contribution < -0.4 is 0 Å². The van der Waals surface area contributed by atoms with Crippen LogP contribution in [-0.2, 0) is 0 Å². The van der Waals surface area contributed by atoms with Gasteiger partial charge in [-0.15, -0.1) is 0 Å². The Balaban J connectivity index is 4.02. The van der Waals surface area contributed by atoms with Crippen molar-refractivity contribution >= 4 is 0 Å². The van der Waals surface area contributed by atoms with Crippen LogP contribution >= 0.6 is 0 Å². The maximum absolute atomic E-state index is 2.42. The zero-order valence-electron chi connectivity index (χ0n) is 12.4. The zero-order chi connectivity index (χ0) is 12.4. The maximum atomic E-state index is 2.42. The fourth-order valence-corrected chi connectivity index (χ4v) is 3.01. The van der Waals surface area contributed by atoms with E-state index in [0.717, 1.165) is 17.8 Å². The van der Waals surface area contributed by atoms with Gasteiger partial charge in [0.2, 0.25) is 0 Å². The van der Waals surface area contributed by atoms with E-state index in [1.165, 1.54) is 51.4 Å². The number of rotatable bonds is 10. The standard InChI is InChI=1S/C16H34/c1-6-9-10-11-13-16(14(4)5)15(8-3)12-7-2/h14-16H,6-13H2,1-5H3. The predicted octanol–water partition coefficient (Wildman–Crippen LogP) is 6.06. The van der Waals surface area contributed by atoms with Crippen molar-refractivity contribution < 1.29 is 0 Å². The van der Waals surface area contributed by atoms with E-state index in [9.17, 15) is 0 Å². The summed E-state index contributed by atoms with van der Waals surface area (Å²) in [6.45, 7) is 11.8. The van der Waals surface area contributed by atoms with Gasteiger partial charge in [0.05, 0.1) is 0 Å². The van der Waals surface area contributed by atoms with E-state index in [1.54, 1.807) is 0 Å². The van der Waals surface area contributed by atoms with Gasteiger partial charge in [-0.2, -0.15) is 0 Å². The summed E-state index contributed by atoms with van der Waals surface area (Å²) in [6.07, 6.45) is 11.3. The van der Waals surface area contributed by atoms with Crippen LogP contribution in [0.15, 0.2) is 0 Å². The van der Waals surface area contributed by atoms with Crippen LogP contribution in [0.4, 0.5) is 0 Å². The lowest BCUT2D eigenvalue weighted by Gasteiger charge is -2.29. The third-order valence-corrected chi connectivity index (χ3v) is 4.04. The molecule has 98 valence electrons. The van der Waals surface area contributed by atoms with Gasteiger partial charge in [-0.1, -0.05) is 79.6 Å². The monoisotopic (exact) mass is 226 g/mol. The van der Waals surface area contributed by atoms with Crippen molar-refractivity contribution in [2.24, 2.45) is 17.8 Å². The lowest BCUT2D eigenvalue weighted by Crippen LogP contribution is -2.20. The highest BCUT2D eigenvalue weighted by atomic mass is 14.3. The van der Waals surface area contributed by atoms with Crippen molar-refractivity contribution in [1.29, 1.82) is 0 Å². The molecule has 0 aliphatic carbocycles. The minimum Gasteiger partial charge on any atom is -0.0654 e. The third-order valence-electron chi connectivity index (χ3n) is 4.04. The Morgan fingerprint density at radius 3 is 1.88 bits per heavy atom. The van der Waals surface area contributed by atoms with Gasteiger partial charge in [0.25, 0.3) is 0 Å². The highest BCUT2D eigenvalue weighted by Crippen LogP contribution is 2.32. The summed E-state index contributed by atoms with van der Waals surface area (Å²) in [5.41, 5.74) is 0. The fourth-order valence-electron chi connectivity index (χ4n) is 3.01. The molecule has 2 atom stereocenters. The Morgan fingerprint density at radius 1 is 0.750 bits per heavy atom. The molecule has 16 heavy (non-hydrogen) atoms. The Labute approximate surface area is 104 Å². The molecule has 0 aliphatic rings. The summed E-state index contributed by atoms with van der Waals surface area (Å²) in [5, 5.41) is 0. The molecule has 0 heteroatoms. The summed E-state index contributed by atoms with van der Waals surface area (Å²) < 4.78 is 0. The maximum Gasteiger partial charge on any atom is -0.0363 e. The first-order chi connectivity index (χ1) is 7.67. The predicted molar refractivity (Wildman–Crippen MR) is 75.8 cm³/mol. The van der Waals surface area contributed by atoms with Crippen molar-refractivity contribution in [2.75, 3.05) is 0 Å². The number of unbranched alkanes of at least 4 members (excludes halogenated alkanes) is 3. The first-order valence-corrected chi connectivity index (χ1v) is 7.67. The van der Waals surface area contributed by atoms with Crippen LogP contribution in [0.2, 0.25) is 0 Å². The second-order valence-corrected chi connectivity index (χ2v) is 5.71. The molecule has 0 aromatic heterocycles. The molecule has 0 nitrogen and oxygen atoms in total. The van der Waals surface area contributed by atoms with E-state index in [1.807, 2.05) is 0 Å². The van der Waals surface area contributed by atoms with E-state index in [4.69, 9.17) is 0 Å². The molecule has 0 aromatic carbocycles. The first kappa shape index (κ1) is 16.0. The highest BCUT2D eigenvalue weighted by molar-refractivity contribution is 4.72. The molecule has 0 spiro atoms. The van der Waals surface area contributed by atoms with E-state index < -0.39 is 0 Å². The van der Waals surface area contributed by atoms with Gasteiger partial charge in [0, 0.05) is 0 Å². The highest BCUT2D eigenvalue weighted by Gasteiger charge is 2.21. The van der Waals surface area contributed by atoms with Crippen LogP contribution in [0.3, 0.4) is 0 Å². The minimum atomic E-state index is 0.873. The van der Waals surface area contributed by atoms with Gasteiger partial charge in [0.15, 0.2) is 0 Å². The minimum absolute atomic E-state index is 0.873. The van der Waals surface area contributed by atoms with Gasteiger partial charge in [0.1, 0.15) is 0 Å². The Kier molecular flexibility index (Phi) is 10.2. The van der Waals surface area contributed by atoms with Crippen molar-refractivity contribution in [1.82, 2.24) is 0 Å². The Morgan fingerprint density at radius 2 is 1.44 bits per heavy atom. The van der Waals surface area contributed by atoms with E-state index >= 15 is 0 Å². The molecule has 0 radical (unpaired) electrons. The molecule has 0 saturated carbocycles. The largest absolute Gasteiger partial charge is 0.0654 e. The second kappa shape index (κ2) is 10.2.